The number of hydrogen-bond acceptors (Lipinski definition) is 3. The van der Waals surface area contributed by atoms with Crippen LogP contribution in [-0.2, 0) is 4.74 Å². The van der Waals surface area contributed by atoms with Crippen LogP contribution in [0.5, 0.6) is 0 Å². The molecule has 2 aliphatic rings. The van der Waals surface area contributed by atoms with Crippen LogP contribution in [0.4, 0.5) is 0 Å². The van der Waals surface area contributed by atoms with Crippen molar-refractivity contribution in [3.8, 4) is 0 Å². The van der Waals surface area contributed by atoms with Gasteiger partial charge in [-0.1, -0.05) is 6.42 Å². The van der Waals surface area contributed by atoms with Gasteiger partial charge in [-0.25, -0.2) is 0 Å². The minimum absolute atomic E-state index is 0. The highest BCUT2D eigenvalue weighted by Crippen LogP contribution is 2.28. The van der Waals surface area contributed by atoms with E-state index in [1.165, 1.54) is 38.6 Å². The largest absolute Gasteiger partial charge is 0.381 e. The van der Waals surface area contributed by atoms with Gasteiger partial charge in [-0.05, 0) is 65.3 Å². The topological polar surface area (TPSA) is 48.9 Å². The monoisotopic (exact) mass is 466 g/mol. The number of piperidine rings is 1. The first-order valence-corrected chi connectivity index (χ1v) is 10.1. The number of hydrogen-bond donors (Lipinski definition) is 2. The quantitative estimate of drug-likeness (QED) is 0.225. The Morgan fingerprint density at radius 1 is 1.24 bits per heavy atom. The molecule has 2 unspecified atom stereocenters. The van der Waals surface area contributed by atoms with E-state index in [1.807, 2.05) is 0 Å². The maximum absolute atomic E-state index is 5.68. The molecule has 0 aromatic rings. The summed E-state index contributed by atoms with van der Waals surface area (Å²) in [6.45, 7) is 12.5. The standard InChI is InChI=1S/C19H38N4O.HI/c1-4-20-19(21-11-7-13-24-15-18-9-10-18)22-14-17(3)23-12-6-5-8-16(23)2;/h16-18H,4-15H2,1-3H3,(H2,20,21,22);1H. The third-order valence-corrected chi connectivity index (χ3v) is 5.09. The molecule has 2 atom stereocenters. The summed E-state index contributed by atoms with van der Waals surface area (Å²) >= 11 is 0. The highest BCUT2D eigenvalue weighted by atomic mass is 127. The van der Waals surface area contributed by atoms with Gasteiger partial charge in [-0.3, -0.25) is 9.89 Å². The van der Waals surface area contributed by atoms with E-state index < -0.39 is 0 Å². The summed E-state index contributed by atoms with van der Waals surface area (Å²) in [6, 6.07) is 1.21. The van der Waals surface area contributed by atoms with Gasteiger partial charge in [0.2, 0.25) is 0 Å². The summed E-state index contributed by atoms with van der Waals surface area (Å²) in [7, 11) is 0. The molecule has 1 aliphatic carbocycles. The molecule has 0 spiro atoms. The maximum atomic E-state index is 5.68. The normalized spacial score (nSPS) is 23.0. The average Bonchev–Trinajstić information content (AvgIpc) is 3.40. The van der Waals surface area contributed by atoms with Gasteiger partial charge in [-0.2, -0.15) is 0 Å². The zero-order valence-electron chi connectivity index (χ0n) is 16.4. The predicted octanol–water partition coefficient (Wildman–Crippen LogP) is 3.24. The van der Waals surface area contributed by atoms with E-state index in [-0.39, 0.29) is 24.0 Å². The Morgan fingerprint density at radius 2 is 2.04 bits per heavy atom. The number of nitrogens with one attached hydrogen (secondary N) is 2. The van der Waals surface area contributed by atoms with E-state index in [1.54, 1.807) is 0 Å². The second kappa shape index (κ2) is 13.1. The lowest BCUT2D eigenvalue weighted by Gasteiger charge is -2.37. The van der Waals surface area contributed by atoms with Gasteiger partial charge >= 0.3 is 0 Å². The highest BCUT2D eigenvalue weighted by Gasteiger charge is 2.23. The van der Waals surface area contributed by atoms with E-state index in [0.717, 1.165) is 51.1 Å². The van der Waals surface area contributed by atoms with Crippen LogP contribution in [-0.4, -0.2) is 62.3 Å². The first-order valence-electron chi connectivity index (χ1n) is 10.1. The summed E-state index contributed by atoms with van der Waals surface area (Å²) in [4.78, 5) is 7.40. The van der Waals surface area contributed by atoms with Crippen molar-refractivity contribution in [3.63, 3.8) is 0 Å². The van der Waals surface area contributed by atoms with Gasteiger partial charge in [0.05, 0.1) is 6.54 Å². The number of aliphatic imine (C=N–C) groups is 1. The molecular weight excluding hydrogens is 427 g/mol. The predicted molar refractivity (Wildman–Crippen MR) is 117 cm³/mol. The summed E-state index contributed by atoms with van der Waals surface area (Å²) in [6.07, 6.45) is 7.80. The van der Waals surface area contributed by atoms with Crippen LogP contribution in [0, 0.1) is 5.92 Å². The van der Waals surface area contributed by atoms with Crippen LogP contribution in [0.15, 0.2) is 4.99 Å². The van der Waals surface area contributed by atoms with Crippen molar-refractivity contribution in [2.24, 2.45) is 10.9 Å². The zero-order chi connectivity index (χ0) is 17.2. The maximum Gasteiger partial charge on any atom is 0.191 e. The molecule has 0 bridgehead atoms. The lowest BCUT2D eigenvalue weighted by molar-refractivity contribution is 0.118. The zero-order valence-corrected chi connectivity index (χ0v) is 18.8. The lowest BCUT2D eigenvalue weighted by atomic mass is 10.0. The molecule has 6 heteroatoms. The van der Waals surface area contributed by atoms with E-state index in [4.69, 9.17) is 9.73 Å². The molecule has 0 aromatic heterocycles. The SMILES string of the molecule is CCNC(=NCC(C)N1CCCCC1C)NCCCOCC1CC1.I. The van der Waals surface area contributed by atoms with Gasteiger partial charge in [0.15, 0.2) is 5.96 Å². The van der Waals surface area contributed by atoms with E-state index in [2.05, 4.69) is 36.3 Å². The van der Waals surface area contributed by atoms with Crippen molar-refractivity contribution in [1.82, 2.24) is 15.5 Å². The molecule has 1 saturated carbocycles. The number of rotatable bonds is 10. The Labute approximate surface area is 171 Å². The molecule has 2 fully saturated rings. The second-order valence-electron chi connectivity index (χ2n) is 7.45. The van der Waals surface area contributed by atoms with E-state index >= 15 is 0 Å². The van der Waals surface area contributed by atoms with Crippen molar-refractivity contribution in [1.29, 1.82) is 0 Å². The average molecular weight is 466 g/mol. The fraction of sp³-hybridized carbons (Fsp3) is 0.947. The fourth-order valence-corrected chi connectivity index (χ4v) is 3.36. The van der Waals surface area contributed by atoms with Gasteiger partial charge in [-0.15, -0.1) is 24.0 Å². The molecule has 0 radical (unpaired) electrons. The first kappa shape index (κ1) is 23.0. The van der Waals surface area contributed by atoms with Crippen molar-refractivity contribution in [2.45, 2.75) is 71.4 Å². The Bertz CT molecular complexity index is 376. The van der Waals surface area contributed by atoms with Crippen molar-refractivity contribution < 1.29 is 4.74 Å². The molecule has 1 heterocycles. The molecular formula is C19H39IN4O. The van der Waals surface area contributed by atoms with Crippen molar-refractivity contribution >= 4 is 29.9 Å². The molecule has 5 nitrogen and oxygen atoms in total. The van der Waals surface area contributed by atoms with Crippen LogP contribution in [0.3, 0.4) is 0 Å². The molecule has 1 aliphatic heterocycles. The summed E-state index contributed by atoms with van der Waals surface area (Å²) in [5.41, 5.74) is 0. The van der Waals surface area contributed by atoms with Crippen LogP contribution in [0.1, 0.15) is 59.3 Å². The van der Waals surface area contributed by atoms with Gasteiger partial charge in [0.25, 0.3) is 0 Å². The van der Waals surface area contributed by atoms with Crippen LogP contribution in [0.25, 0.3) is 0 Å². The molecule has 2 N–H and O–H groups in total. The van der Waals surface area contributed by atoms with E-state index in [9.17, 15) is 0 Å². The summed E-state index contributed by atoms with van der Waals surface area (Å²) in [5.74, 6) is 1.80. The van der Waals surface area contributed by atoms with Crippen LogP contribution >= 0.6 is 24.0 Å². The second-order valence-corrected chi connectivity index (χ2v) is 7.45. The summed E-state index contributed by atoms with van der Waals surface area (Å²) < 4.78 is 5.68. The van der Waals surface area contributed by atoms with Crippen LogP contribution in [0.2, 0.25) is 0 Å². The van der Waals surface area contributed by atoms with Crippen molar-refractivity contribution in [2.75, 3.05) is 39.4 Å². The number of halogens is 1. The molecule has 148 valence electrons. The third-order valence-electron chi connectivity index (χ3n) is 5.09. The minimum Gasteiger partial charge on any atom is -0.381 e. The first-order chi connectivity index (χ1) is 11.7. The lowest BCUT2D eigenvalue weighted by Crippen LogP contribution is -2.45. The molecule has 0 amide bonds. The highest BCUT2D eigenvalue weighted by molar-refractivity contribution is 14.0. The Balaban J connectivity index is 0.00000312. The minimum atomic E-state index is 0. The number of ether oxygens (including phenoxy) is 1. The number of likely N-dealkylation sites (tertiary alicyclic amines) is 1. The Hall–Kier alpha value is -0.0800. The number of nitrogens with zero attached hydrogens (tertiary/aromatic N) is 2. The number of guanidine groups is 1. The third kappa shape index (κ3) is 9.43. The smallest absolute Gasteiger partial charge is 0.191 e. The summed E-state index contributed by atoms with van der Waals surface area (Å²) in [5, 5.41) is 6.79. The Kier molecular flexibility index (Phi) is 12.1. The molecule has 1 saturated heterocycles. The molecule has 25 heavy (non-hydrogen) atoms. The van der Waals surface area contributed by atoms with Gasteiger partial charge in [0.1, 0.15) is 0 Å². The van der Waals surface area contributed by atoms with Crippen molar-refractivity contribution in [3.05, 3.63) is 0 Å². The molecule has 0 aromatic carbocycles. The Morgan fingerprint density at radius 3 is 2.72 bits per heavy atom. The van der Waals surface area contributed by atoms with Crippen LogP contribution < -0.4 is 10.6 Å². The molecule has 2 rings (SSSR count). The fourth-order valence-electron chi connectivity index (χ4n) is 3.36. The van der Waals surface area contributed by atoms with E-state index in [0.29, 0.717) is 12.1 Å². The van der Waals surface area contributed by atoms with Gasteiger partial charge < -0.3 is 15.4 Å². The van der Waals surface area contributed by atoms with Gasteiger partial charge in [0, 0.05) is 38.4 Å².